The molecule has 0 aliphatic heterocycles. The Bertz CT molecular complexity index is 909. The maximum atomic E-state index is 13.0. The van der Waals surface area contributed by atoms with Crippen LogP contribution in [0.2, 0.25) is 0 Å². The zero-order valence-corrected chi connectivity index (χ0v) is 20.3. The first-order valence-electron chi connectivity index (χ1n) is 10.8. The summed E-state index contributed by atoms with van der Waals surface area (Å²) < 4.78 is 0. The second-order valence-corrected chi connectivity index (χ2v) is 8.77. The molecule has 4 atom stereocenters. The van der Waals surface area contributed by atoms with Crippen molar-refractivity contribution < 1.29 is 39.3 Å². The first-order valence-corrected chi connectivity index (χ1v) is 11.5. The number of aliphatic carboxylic acids is 2. The van der Waals surface area contributed by atoms with Gasteiger partial charge in [0.1, 0.15) is 23.9 Å². The Balaban J connectivity index is 3.16. The summed E-state index contributed by atoms with van der Waals surface area (Å²) in [7, 11) is 0. The largest absolute Gasteiger partial charge is 0.508 e. The third-order valence-electron chi connectivity index (χ3n) is 4.88. The van der Waals surface area contributed by atoms with Gasteiger partial charge in [-0.3, -0.25) is 19.2 Å². The van der Waals surface area contributed by atoms with Crippen LogP contribution in [0.1, 0.15) is 32.3 Å². The quantitative estimate of drug-likeness (QED) is 0.147. The Hall–Kier alpha value is -3.32. The van der Waals surface area contributed by atoms with Crippen molar-refractivity contribution >= 4 is 42.3 Å². The van der Waals surface area contributed by atoms with Crippen molar-refractivity contribution in [3.8, 4) is 5.75 Å². The van der Waals surface area contributed by atoms with Gasteiger partial charge in [-0.1, -0.05) is 26.0 Å². The van der Waals surface area contributed by atoms with Gasteiger partial charge in [0, 0.05) is 12.2 Å². The van der Waals surface area contributed by atoms with E-state index in [0.29, 0.717) is 5.56 Å². The molecule has 0 heterocycles. The van der Waals surface area contributed by atoms with Crippen LogP contribution in [0, 0.1) is 5.92 Å². The smallest absolute Gasteiger partial charge is 0.326 e. The van der Waals surface area contributed by atoms with Crippen LogP contribution in [0.4, 0.5) is 0 Å². The number of carboxylic acid groups (broad SMARTS) is 2. The molecular weight excluding hydrogens is 480 g/mol. The molecule has 0 bridgehead atoms. The van der Waals surface area contributed by atoms with E-state index in [2.05, 4.69) is 28.6 Å². The molecule has 13 heteroatoms. The lowest BCUT2D eigenvalue weighted by molar-refractivity contribution is -0.143. The molecule has 12 nitrogen and oxygen atoms in total. The number of aromatic hydroxyl groups is 1. The number of hydrogen-bond donors (Lipinski definition) is 8. The highest BCUT2D eigenvalue weighted by molar-refractivity contribution is 7.80. The van der Waals surface area contributed by atoms with Crippen LogP contribution < -0.4 is 21.7 Å². The normalized spacial score (nSPS) is 14.3. The zero-order chi connectivity index (χ0) is 26.7. The van der Waals surface area contributed by atoms with Crippen molar-refractivity contribution in [3.63, 3.8) is 0 Å². The highest BCUT2D eigenvalue weighted by Crippen LogP contribution is 2.13. The van der Waals surface area contributed by atoms with Crippen LogP contribution in [-0.4, -0.2) is 74.9 Å². The monoisotopic (exact) mass is 512 g/mol. The average Bonchev–Trinajstić information content (AvgIpc) is 2.77. The van der Waals surface area contributed by atoms with Gasteiger partial charge in [0.25, 0.3) is 0 Å². The third kappa shape index (κ3) is 10.6. The van der Waals surface area contributed by atoms with Gasteiger partial charge in [0.05, 0.1) is 12.5 Å². The number of rotatable bonds is 14. The van der Waals surface area contributed by atoms with Crippen molar-refractivity contribution in [2.45, 2.75) is 57.3 Å². The molecule has 0 aliphatic carbocycles. The molecule has 0 aromatic heterocycles. The Kier molecular flexibility index (Phi) is 12.0. The molecule has 1 aromatic carbocycles. The minimum absolute atomic E-state index is 0.0218. The topological polar surface area (TPSA) is 208 Å². The SMILES string of the molecule is CC(C)CC(NC(=O)C(Cc1ccc(O)cc1)NC(=O)C(CC(=O)O)NC(=O)C(N)CS)C(=O)O. The van der Waals surface area contributed by atoms with Crippen molar-refractivity contribution in [2.75, 3.05) is 5.75 Å². The molecule has 0 radical (unpaired) electrons. The molecule has 4 unspecified atom stereocenters. The number of carboxylic acids is 2. The van der Waals surface area contributed by atoms with Gasteiger partial charge in [0.15, 0.2) is 0 Å². The molecule has 8 N–H and O–H groups in total. The summed E-state index contributed by atoms with van der Waals surface area (Å²) in [6, 6.07) is 0.587. The maximum absolute atomic E-state index is 13.0. The minimum atomic E-state index is -1.55. The van der Waals surface area contributed by atoms with E-state index in [1.165, 1.54) is 24.3 Å². The minimum Gasteiger partial charge on any atom is -0.508 e. The fourth-order valence-corrected chi connectivity index (χ4v) is 3.23. The number of hydrogen-bond acceptors (Lipinski definition) is 8. The summed E-state index contributed by atoms with van der Waals surface area (Å²) in [5.41, 5.74) is 6.10. The summed E-state index contributed by atoms with van der Waals surface area (Å²) in [6.45, 7) is 3.57. The Morgan fingerprint density at radius 1 is 0.886 bits per heavy atom. The predicted molar refractivity (Wildman–Crippen MR) is 129 cm³/mol. The molecule has 0 saturated heterocycles. The summed E-state index contributed by atoms with van der Waals surface area (Å²) in [5.74, 6) is -5.34. The van der Waals surface area contributed by atoms with Gasteiger partial charge >= 0.3 is 11.9 Å². The van der Waals surface area contributed by atoms with Crippen molar-refractivity contribution in [3.05, 3.63) is 29.8 Å². The highest BCUT2D eigenvalue weighted by atomic mass is 32.1. The van der Waals surface area contributed by atoms with E-state index in [1.54, 1.807) is 13.8 Å². The summed E-state index contributed by atoms with van der Waals surface area (Å²) >= 11 is 3.89. The number of carbonyl (C=O) groups excluding carboxylic acids is 3. The number of carbonyl (C=O) groups is 5. The summed E-state index contributed by atoms with van der Waals surface area (Å²) in [5, 5.41) is 35.1. The fraction of sp³-hybridized carbons (Fsp3) is 0.500. The van der Waals surface area contributed by atoms with Gasteiger partial charge in [-0.05, 0) is 30.0 Å². The molecular formula is C22H32N4O8S. The number of benzene rings is 1. The number of thiol groups is 1. The van der Waals surface area contributed by atoms with Gasteiger partial charge < -0.3 is 37.0 Å². The fourth-order valence-electron chi connectivity index (χ4n) is 3.06. The van der Waals surface area contributed by atoms with Crippen molar-refractivity contribution in [1.29, 1.82) is 0 Å². The van der Waals surface area contributed by atoms with E-state index in [-0.39, 0.29) is 30.3 Å². The summed E-state index contributed by atoms with van der Waals surface area (Å²) in [6.07, 6.45) is -0.745. The molecule has 35 heavy (non-hydrogen) atoms. The van der Waals surface area contributed by atoms with Crippen LogP contribution in [0.15, 0.2) is 24.3 Å². The number of nitrogens with one attached hydrogen (secondary N) is 3. The van der Waals surface area contributed by atoms with Crippen LogP contribution in [-0.2, 0) is 30.4 Å². The van der Waals surface area contributed by atoms with Crippen LogP contribution in [0.25, 0.3) is 0 Å². The number of phenols is 1. The van der Waals surface area contributed by atoms with Crippen LogP contribution >= 0.6 is 12.6 Å². The van der Waals surface area contributed by atoms with Crippen molar-refractivity contribution in [1.82, 2.24) is 16.0 Å². The molecule has 194 valence electrons. The number of amides is 3. The second kappa shape index (κ2) is 14.2. The van der Waals surface area contributed by atoms with E-state index >= 15 is 0 Å². The predicted octanol–water partition coefficient (Wildman–Crippen LogP) is -0.748. The lowest BCUT2D eigenvalue weighted by Crippen LogP contribution is -2.58. The average molecular weight is 513 g/mol. The van der Waals surface area contributed by atoms with Crippen molar-refractivity contribution in [2.24, 2.45) is 11.7 Å². The first-order chi connectivity index (χ1) is 16.3. The van der Waals surface area contributed by atoms with Gasteiger partial charge in [-0.25, -0.2) is 4.79 Å². The van der Waals surface area contributed by atoms with Crippen LogP contribution in [0.3, 0.4) is 0 Å². The number of nitrogens with two attached hydrogens (primary N) is 1. The van der Waals surface area contributed by atoms with Gasteiger partial charge in [0.2, 0.25) is 17.7 Å². The molecule has 0 saturated carbocycles. The molecule has 1 aromatic rings. The van der Waals surface area contributed by atoms with Gasteiger partial charge in [-0.2, -0.15) is 12.6 Å². The summed E-state index contributed by atoms with van der Waals surface area (Å²) in [4.78, 5) is 60.9. The van der Waals surface area contributed by atoms with E-state index in [9.17, 15) is 34.2 Å². The van der Waals surface area contributed by atoms with E-state index < -0.39 is 60.2 Å². The van der Waals surface area contributed by atoms with E-state index in [0.717, 1.165) is 0 Å². The van der Waals surface area contributed by atoms with E-state index in [1.807, 2.05) is 0 Å². The third-order valence-corrected chi connectivity index (χ3v) is 5.27. The van der Waals surface area contributed by atoms with Gasteiger partial charge in [-0.15, -0.1) is 0 Å². The van der Waals surface area contributed by atoms with E-state index in [4.69, 9.17) is 10.8 Å². The Morgan fingerprint density at radius 2 is 1.40 bits per heavy atom. The first kappa shape index (κ1) is 29.7. The molecule has 3 amide bonds. The Labute approximate surface area is 208 Å². The zero-order valence-electron chi connectivity index (χ0n) is 19.4. The lowest BCUT2D eigenvalue weighted by Gasteiger charge is -2.25. The standard InChI is InChI=1S/C22H32N4O8S/c1-11(2)7-17(22(33)34)26-20(31)15(8-12-3-5-13(27)6-4-12)25-21(32)16(9-18(28)29)24-19(30)14(23)10-35/h3-6,11,14-17,27,35H,7-10,23H2,1-2H3,(H,24,30)(H,25,32)(H,26,31)(H,28,29)(H,33,34). The Morgan fingerprint density at radius 3 is 1.89 bits per heavy atom. The molecule has 1 rings (SSSR count). The van der Waals surface area contributed by atoms with Crippen LogP contribution in [0.5, 0.6) is 5.75 Å². The molecule has 0 fully saturated rings. The molecule has 0 spiro atoms. The number of phenolic OH excluding ortho intramolecular Hbond substituents is 1. The molecule has 0 aliphatic rings. The lowest BCUT2D eigenvalue weighted by atomic mass is 10.0. The second-order valence-electron chi connectivity index (χ2n) is 8.41. The highest BCUT2D eigenvalue weighted by Gasteiger charge is 2.31. The maximum Gasteiger partial charge on any atom is 0.326 e.